The summed E-state index contributed by atoms with van der Waals surface area (Å²) in [5.41, 5.74) is 0. The lowest BCUT2D eigenvalue weighted by Gasteiger charge is -2.15. The van der Waals surface area contributed by atoms with Crippen LogP contribution >= 0.6 is 0 Å². The molecule has 11 heavy (non-hydrogen) atoms. The van der Waals surface area contributed by atoms with Crippen molar-refractivity contribution in [2.75, 3.05) is 20.3 Å². The second-order valence-corrected chi connectivity index (χ2v) is 2.97. The lowest BCUT2D eigenvalue weighted by molar-refractivity contribution is 0.146. The van der Waals surface area contributed by atoms with E-state index in [-0.39, 0.29) is 0 Å². The van der Waals surface area contributed by atoms with Crippen LogP contribution in [-0.4, -0.2) is 26.3 Å². The zero-order valence-electron chi connectivity index (χ0n) is 6.97. The zero-order valence-corrected chi connectivity index (χ0v) is 6.97. The number of terminal acetylenes is 1. The largest absolute Gasteiger partial charge is 0.384 e. The molecular weight excluding hydrogens is 138 g/mol. The Kier molecular flexibility index (Phi) is 3.41. The van der Waals surface area contributed by atoms with E-state index in [0.29, 0.717) is 12.0 Å². The SMILES string of the molecule is C#CCC1NCC[C@@H]1COC. The van der Waals surface area contributed by atoms with Crippen LogP contribution in [-0.2, 0) is 4.74 Å². The van der Waals surface area contributed by atoms with Crippen molar-refractivity contribution in [2.24, 2.45) is 5.92 Å². The Bertz CT molecular complexity index is 150. The van der Waals surface area contributed by atoms with Gasteiger partial charge in [-0.3, -0.25) is 0 Å². The number of ether oxygens (including phenoxy) is 1. The number of rotatable bonds is 3. The summed E-state index contributed by atoms with van der Waals surface area (Å²) < 4.78 is 5.09. The highest BCUT2D eigenvalue weighted by molar-refractivity contribution is 4.95. The van der Waals surface area contributed by atoms with Crippen LogP contribution < -0.4 is 5.32 Å². The third-order valence-corrected chi connectivity index (χ3v) is 2.21. The highest BCUT2D eigenvalue weighted by atomic mass is 16.5. The quantitative estimate of drug-likeness (QED) is 0.601. The summed E-state index contributed by atoms with van der Waals surface area (Å²) in [6.07, 6.45) is 7.26. The molecule has 0 amide bonds. The lowest BCUT2D eigenvalue weighted by Crippen LogP contribution is -2.28. The molecule has 2 nitrogen and oxygen atoms in total. The molecule has 1 heterocycles. The highest BCUT2D eigenvalue weighted by Gasteiger charge is 2.25. The fourth-order valence-electron chi connectivity index (χ4n) is 1.60. The molecule has 1 rings (SSSR count). The van der Waals surface area contributed by atoms with Crippen molar-refractivity contribution in [3.05, 3.63) is 0 Å². The standard InChI is InChI=1S/C9H15NO/c1-3-4-9-8(7-11-2)5-6-10-9/h1,8-10H,4-7H2,2H3/t8-,9?/m1/s1. The highest BCUT2D eigenvalue weighted by Crippen LogP contribution is 2.17. The first-order chi connectivity index (χ1) is 5.38. The molecule has 1 N–H and O–H groups in total. The van der Waals surface area contributed by atoms with E-state index in [1.807, 2.05) is 0 Å². The van der Waals surface area contributed by atoms with Gasteiger partial charge in [-0.05, 0) is 18.9 Å². The number of nitrogens with one attached hydrogen (secondary N) is 1. The van der Waals surface area contributed by atoms with Crippen molar-refractivity contribution in [1.82, 2.24) is 5.32 Å². The smallest absolute Gasteiger partial charge is 0.0506 e. The van der Waals surface area contributed by atoms with E-state index in [9.17, 15) is 0 Å². The first-order valence-corrected chi connectivity index (χ1v) is 4.04. The molecule has 0 spiro atoms. The minimum Gasteiger partial charge on any atom is -0.384 e. The number of hydrogen-bond donors (Lipinski definition) is 1. The van der Waals surface area contributed by atoms with Crippen molar-refractivity contribution in [3.8, 4) is 12.3 Å². The molecule has 1 aliphatic heterocycles. The average molecular weight is 153 g/mol. The third-order valence-electron chi connectivity index (χ3n) is 2.21. The molecule has 0 bridgehead atoms. The van der Waals surface area contributed by atoms with Crippen LogP contribution in [0.15, 0.2) is 0 Å². The van der Waals surface area contributed by atoms with E-state index in [2.05, 4.69) is 11.2 Å². The molecule has 0 aromatic carbocycles. The van der Waals surface area contributed by atoms with Crippen LogP contribution in [0, 0.1) is 18.3 Å². The maximum atomic E-state index is 5.24. The number of hydrogen-bond acceptors (Lipinski definition) is 2. The van der Waals surface area contributed by atoms with Gasteiger partial charge in [-0.2, -0.15) is 0 Å². The summed E-state index contributed by atoms with van der Waals surface area (Å²) in [4.78, 5) is 0. The molecule has 2 heteroatoms. The van der Waals surface area contributed by atoms with Crippen molar-refractivity contribution in [2.45, 2.75) is 18.9 Å². The van der Waals surface area contributed by atoms with E-state index in [4.69, 9.17) is 11.2 Å². The summed E-state index contributed by atoms with van der Waals surface area (Å²) in [5, 5.41) is 3.37. The van der Waals surface area contributed by atoms with E-state index in [1.165, 1.54) is 6.42 Å². The second kappa shape index (κ2) is 4.38. The van der Waals surface area contributed by atoms with E-state index >= 15 is 0 Å². The fourth-order valence-corrected chi connectivity index (χ4v) is 1.60. The van der Waals surface area contributed by atoms with Crippen molar-refractivity contribution >= 4 is 0 Å². The van der Waals surface area contributed by atoms with Gasteiger partial charge in [0, 0.05) is 19.6 Å². The van der Waals surface area contributed by atoms with Gasteiger partial charge in [-0.25, -0.2) is 0 Å². The Morgan fingerprint density at radius 1 is 1.73 bits per heavy atom. The summed E-state index contributed by atoms with van der Waals surface area (Å²) in [6, 6.07) is 0.486. The summed E-state index contributed by atoms with van der Waals surface area (Å²) in [7, 11) is 1.74. The van der Waals surface area contributed by atoms with Gasteiger partial charge in [0.05, 0.1) is 6.61 Å². The van der Waals surface area contributed by atoms with E-state index in [1.54, 1.807) is 7.11 Å². The van der Waals surface area contributed by atoms with Crippen molar-refractivity contribution in [3.63, 3.8) is 0 Å². The molecule has 2 atom stereocenters. The Balaban J connectivity index is 2.32. The predicted octanol–water partition coefficient (Wildman–Crippen LogP) is 0.634. The van der Waals surface area contributed by atoms with Gasteiger partial charge in [0.1, 0.15) is 0 Å². The van der Waals surface area contributed by atoms with Gasteiger partial charge in [0.15, 0.2) is 0 Å². The van der Waals surface area contributed by atoms with Crippen LogP contribution in [0.2, 0.25) is 0 Å². The minimum absolute atomic E-state index is 0.486. The summed E-state index contributed by atoms with van der Waals surface area (Å²) in [6.45, 7) is 1.92. The maximum absolute atomic E-state index is 5.24. The van der Waals surface area contributed by atoms with Gasteiger partial charge < -0.3 is 10.1 Å². The topological polar surface area (TPSA) is 21.3 Å². The molecule has 1 unspecified atom stereocenters. The van der Waals surface area contributed by atoms with Crippen LogP contribution in [0.5, 0.6) is 0 Å². The fraction of sp³-hybridized carbons (Fsp3) is 0.778. The Labute approximate surface area is 68.3 Å². The molecule has 1 fully saturated rings. The normalized spacial score (nSPS) is 30.2. The molecule has 62 valence electrons. The first-order valence-electron chi connectivity index (χ1n) is 4.04. The van der Waals surface area contributed by atoms with Gasteiger partial charge >= 0.3 is 0 Å². The second-order valence-electron chi connectivity index (χ2n) is 2.97. The molecule has 0 aliphatic carbocycles. The van der Waals surface area contributed by atoms with Gasteiger partial charge in [0.25, 0.3) is 0 Å². The summed E-state index contributed by atoms with van der Waals surface area (Å²) in [5.74, 6) is 3.30. The van der Waals surface area contributed by atoms with Crippen LogP contribution in [0.3, 0.4) is 0 Å². The van der Waals surface area contributed by atoms with Gasteiger partial charge in [-0.15, -0.1) is 12.3 Å². The molecule has 1 saturated heterocycles. The van der Waals surface area contributed by atoms with Gasteiger partial charge in [-0.1, -0.05) is 0 Å². The molecule has 1 aliphatic rings. The van der Waals surface area contributed by atoms with Crippen LogP contribution in [0.1, 0.15) is 12.8 Å². The lowest BCUT2D eigenvalue weighted by atomic mass is 10.00. The third kappa shape index (κ3) is 2.21. The summed E-state index contributed by atoms with van der Waals surface area (Å²) >= 11 is 0. The molecular formula is C9H15NO. The molecule has 0 radical (unpaired) electrons. The zero-order chi connectivity index (χ0) is 8.10. The first kappa shape index (κ1) is 8.58. The molecule has 0 aromatic heterocycles. The van der Waals surface area contributed by atoms with Crippen LogP contribution in [0.25, 0.3) is 0 Å². The number of methoxy groups -OCH3 is 1. The Morgan fingerprint density at radius 3 is 3.18 bits per heavy atom. The van der Waals surface area contributed by atoms with E-state index < -0.39 is 0 Å². The maximum Gasteiger partial charge on any atom is 0.0506 e. The minimum atomic E-state index is 0.486. The van der Waals surface area contributed by atoms with Crippen LogP contribution in [0.4, 0.5) is 0 Å². The monoisotopic (exact) mass is 153 g/mol. The molecule has 0 aromatic rings. The average Bonchev–Trinajstić information content (AvgIpc) is 2.39. The van der Waals surface area contributed by atoms with E-state index in [0.717, 1.165) is 19.6 Å². The molecule has 0 saturated carbocycles. The van der Waals surface area contributed by atoms with Crippen molar-refractivity contribution < 1.29 is 4.74 Å². The predicted molar refractivity (Wildman–Crippen MR) is 45.2 cm³/mol. The Morgan fingerprint density at radius 2 is 2.55 bits per heavy atom. The Hall–Kier alpha value is -0.520. The van der Waals surface area contributed by atoms with Crippen molar-refractivity contribution in [1.29, 1.82) is 0 Å². The van der Waals surface area contributed by atoms with Gasteiger partial charge in [0.2, 0.25) is 0 Å².